The summed E-state index contributed by atoms with van der Waals surface area (Å²) in [6, 6.07) is 10.2. The number of carbonyl (C=O) groups is 1. The molecule has 2 nitrogen and oxygen atoms in total. The number of hydrogen-bond donors (Lipinski definition) is 1. The highest BCUT2D eigenvalue weighted by Gasteiger charge is 2.11. The van der Waals surface area contributed by atoms with Gasteiger partial charge in [-0.1, -0.05) is 37.3 Å². The summed E-state index contributed by atoms with van der Waals surface area (Å²) in [5.74, 6) is 0.299. The van der Waals surface area contributed by atoms with Crippen molar-refractivity contribution in [1.29, 1.82) is 0 Å². The number of hydrogen-bond acceptors (Lipinski definition) is 2. The van der Waals surface area contributed by atoms with Gasteiger partial charge in [0.1, 0.15) is 5.78 Å². The van der Waals surface area contributed by atoms with E-state index in [0.717, 1.165) is 0 Å². The molecule has 0 saturated heterocycles. The second-order valence-corrected chi connectivity index (χ2v) is 3.35. The molecule has 1 unspecified atom stereocenters. The van der Waals surface area contributed by atoms with Crippen LogP contribution in [0.2, 0.25) is 0 Å². The maximum atomic E-state index is 11.3. The average Bonchev–Trinajstić information content (AvgIpc) is 2.26. The molecule has 1 rings (SSSR count). The van der Waals surface area contributed by atoms with Gasteiger partial charge in [0.15, 0.2) is 0 Å². The van der Waals surface area contributed by atoms with E-state index in [1.54, 1.807) is 0 Å². The summed E-state index contributed by atoms with van der Waals surface area (Å²) in [4.78, 5) is 11.3. The molecule has 2 heteroatoms. The van der Waals surface area contributed by atoms with Gasteiger partial charge in [0.05, 0.1) is 0 Å². The number of ketones is 1. The molecule has 1 N–H and O–H groups in total. The van der Waals surface area contributed by atoms with Crippen molar-refractivity contribution in [1.82, 2.24) is 5.32 Å². The topological polar surface area (TPSA) is 29.1 Å². The SMILES string of the molecule is CCC(=O)CC(NC)c1ccccc1. The molecule has 1 atom stereocenters. The van der Waals surface area contributed by atoms with Crippen LogP contribution in [0.15, 0.2) is 30.3 Å². The molecule has 0 aliphatic carbocycles. The summed E-state index contributed by atoms with van der Waals surface area (Å²) >= 11 is 0. The lowest BCUT2D eigenvalue weighted by atomic mass is 10.0. The minimum Gasteiger partial charge on any atom is -0.313 e. The standard InChI is InChI=1S/C12H17NO/c1-3-11(14)9-12(13-2)10-7-5-4-6-8-10/h4-8,12-13H,3,9H2,1-2H3. The van der Waals surface area contributed by atoms with Crippen molar-refractivity contribution in [2.75, 3.05) is 7.05 Å². The van der Waals surface area contributed by atoms with Crippen molar-refractivity contribution in [3.05, 3.63) is 35.9 Å². The number of Topliss-reactive ketones (excluding diaryl/α,β-unsaturated/α-hetero) is 1. The lowest BCUT2D eigenvalue weighted by molar-refractivity contribution is -0.119. The Morgan fingerprint density at radius 2 is 2.00 bits per heavy atom. The van der Waals surface area contributed by atoms with Crippen LogP contribution in [-0.4, -0.2) is 12.8 Å². The Hall–Kier alpha value is -1.15. The maximum Gasteiger partial charge on any atom is 0.134 e. The molecule has 0 spiro atoms. The zero-order chi connectivity index (χ0) is 10.4. The highest BCUT2D eigenvalue weighted by Crippen LogP contribution is 2.16. The molecular formula is C12H17NO. The van der Waals surface area contributed by atoms with Crippen molar-refractivity contribution < 1.29 is 4.79 Å². The lowest BCUT2D eigenvalue weighted by Gasteiger charge is -2.15. The van der Waals surface area contributed by atoms with Crippen LogP contribution < -0.4 is 5.32 Å². The van der Waals surface area contributed by atoms with E-state index in [-0.39, 0.29) is 6.04 Å². The van der Waals surface area contributed by atoms with E-state index in [0.29, 0.717) is 18.6 Å². The third-order valence-corrected chi connectivity index (χ3v) is 2.38. The number of benzene rings is 1. The van der Waals surface area contributed by atoms with Crippen LogP contribution in [0.5, 0.6) is 0 Å². The molecule has 1 aromatic carbocycles. The van der Waals surface area contributed by atoms with E-state index in [4.69, 9.17) is 0 Å². The molecule has 0 heterocycles. The van der Waals surface area contributed by atoms with Gasteiger partial charge in [-0.15, -0.1) is 0 Å². The predicted molar refractivity (Wildman–Crippen MR) is 58.2 cm³/mol. The summed E-state index contributed by atoms with van der Waals surface area (Å²) in [6.07, 6.45) is 1.20. The zero-order valence-electron chi connectivity index (χ0n) is 8.79. The lowest BCUT2D eigenvalue weighted by Crippen LogP contribution is -2.19. The van der Waals surface area contributed by atoms with Crippen molar-refractivity contribution in [2.24, 2.45) is 0 Å². The average molecular weight is 191 g/mol. The van der Waals surface area contributed by atoms with E-state index in [1.807, 2.05) is 44.3 Å². The quantitative estimate of drug-likeness (QED) is 0.773. The van der Waals surface area contributed by atoms with Gasteiger partial charge >= 0.3 is 0 Å². The van der Waals surface area contributed by atoms with Gasteiger partial charge in [-0.25, -0.2) is 0 Å². The van der Waals surface area contributed by atoms with Gasteiger partial charge in [-0.05, 0) is 12.6 Å². The summed E-state index contributed by atoms with van der Waals surface area (Å²) in [5, 5.41) is 3.16. The summed E-state index contributed by atoms with van der Waals surface area (Å²) in [7, 11) is 1.89. The third kappa shape index (κ3) is 2.96. The molecule has 0 aliphatic rings. The van der Waals surface area contributed by atoms with Gasteiger partial charge < -0.3 is 5.32 Å². The molecule has 0 aromatic heterocycles. The fourth-order valence-electron chi connectivity index (χ4n) is 1.44. The van der Waals surface area contributed by atoms with Gasteiger partial charge in [-0.2, -0.15) is 0 Å². The molecule has 0 bridgehead atoms. The fourth-order valence-corrected chi connectivity index (χ4v) is 1.44. The van der Waals surface area contributed by atoms with Crippen molar-refractivity contribution in [3.8, 4) is 0 Å². The Balaban J connectivity index is 2.68. The first-order valence-corrected chi connectivity index (χ1v) is 5.01. The summed E-state index contributed by atoms with van der Waals surface area (Å²) in [5.41, 5.74) is 1.18. The van der Waals surface area contributed by atoms with E-state index in [1.165, 1.54) is 5.56 Å². The molecule has 0 aliphatic heterocycles. The number of nitrogens with one attached hydrogen (secondary N) is 1. The Kier molecular flexibility index (Phi) is 4.33. The minimum absolute atomic E-state index is 0.156. The molecule has 76 valence electrons. The van der Waals surface area contributed by atoms with Crippen molar-refractivity contribution in [3.63, 3.8) is 0 Å². The molecule has 14 heavy (non-hydrogen) atoms. The first-order valence-electron chi connectivity index (χ1n) is 5.01. The van der Waals surface area contributed by atoms with E-state index in [2.05, 4.69) is 5.32 Å². The van der Waals surface area contributed by atoms with E-state index >= 15 is 0 Å². The monoisotopic (exact) mass is 191 g/mol. The second-order valence-electron chi connectivity index (χ2n) is 3.35. The highest BCUT2D eigenvalue weighted by atomic mass is 16.1. The van der Waals surface area contributed by atoms with Crippen molar-refractivity contribution >= 4 is 5.78 Å². The first-order chi connectivity index (χ1) is 6.77. The Morgan fingerprint density at radius 3 is 2.50 bits per heavy atom. The largest absolute Gasteiger partial charge is 0.313 e. The zero-order valence-corrected chi connectivity index (χ0v) is 8.79. The summed E-state index contributed by atoms with van der Waals surface area (Å²) in [6.45, 7) is 1.90. The van der Waals surface area contributed by atoms with Crippen LogP contribution in [0, 0.1) is 0 Å². The first kappa shape index (κ1) is 10.9. The molecule has 0 amide bonds. The van der Waals surface area contributed by atoms with Crippen LogP contribution in [0.4, 0.5) is 0 Å². The van der Waals surface area contributed by atoms with E-state index < -0.39 is 0 Å². The van der Waals surface area contributed by atoms with Crippen molar-refractivity contribution in [2.45, 2.75) is 25.8 Å². The van der Waals surface area contributed by atoms with Crippen LogP contribution in [0.1, 0.15) is 31.4 Å². The van der Waals surface area contributed by atoms with Crippen LogP contribution in [0.3, 0.4) is 0 Å². The smallest absolute Gasteiger partial charge is 0.134 e. The Morgan fingerprint density at radius 1 is 1.36 bits per heavy atom. The Bertz CT molecular complexity index is 282. The van der Waals surface area contributed by atoms with Gasteiger partial charge in [-0.3, -0.25) is 4.79 Å². The van der Waals surface area contributed by atoms with Gasteiger partial charge in [0.2, 0.25) is 0 Å². The Labute approximate surface area is 85.3 Å². The molecular weight excluding hydrogens is 174 g/mol. The minimum atomic E-state index is 0.156. The number of rotatable bonds is 5. The molecule has 0 fully saturated rings. The molecule has 1 aromatic rings. The third-order valence-electron chi connectivity index (χ3n) is 2.38. The second kappa shape index (κ2) is 5.55. The predicted octanol–water partition coefficient (Wildman–Crippen LogP) is 2.32. The van der Waals surface area contributed by atoms with Crippen LogP contribution in [-0.2, 0) is 4.79 Å². The maximum absolute atomic E-state index is 11.3. The fraction of sp³-hybridized carbons (Fsp3) is 0.417. The van der Waals surface area contributed by atoms with E-state index in [9.17, 15) is 4.79 Å². The number of carbonyl (C=O) groups excluding carboxylic acids is 1. The van der Waals surface area contributed by atoms with Crippen LogP contribution >= 0.6 is 0 Å². The van der Waals surface area contributed by atoms with Gasteiger partial charge in [0, 0.05) is 18.9 Å². The summed E-state index contributed by atoms with van der Waals surface area (Å²) < 4.78 is 0. The normalized spacial score (nSPS) is 12.4. The molecule has 0 radical (unpaired) electrons. The van der Waals surface area contributed by atoms with Gasteiger partial charge in [0.25, 0.3) is 0 Å². The highest BCUT2D eigenvalue weighted by molar-refractivity contribution is 5.78. The molecule has 0 saturated carbocycles. The van der Waals surface area contributed by atoms with Crippen LogP contribution in [0.25, 0.3) is 0 Å².